The van der Waals surface area contributed by atoms with E-state index in [1.807, 2.05) is 0 Å². The molecule has 0 aromatic heterocycles. The van der Waals surface area contributed by atoms with Gasteiger partial charge in [-0.3, -0.25) is 0 Å². The molecule has 0 aliphatic heterocycles. The van der Waals surface area contributed by atoms with E-state index in [0.717, 1.165) is 4.47 Å². The zero-order valence-corrected chi connectivity index (χ0v) is 13.6. The van der Waals surface area contributed by atoms with Crippen LogP contribution in [0.15, 0.2) is 34.8 Å². The molecule has 0 saturated heterocycles. The van der Waals surface area contributed by atoms with Gasteiger partial charge in [0.25, 0.3) is 0 Å². The summed E-state index contributed by atoms with van der Waals surface area (Å²) >= 11 is 3.59. The molecule has 3 rings (SSSR count). The molecule has 0 radical (unpaired) electrons. The largest absolute Gasteiger partial charge is 0.320 e. The van der Waals surface area contributed by atoms with Gasteiger partial charge in [0.2, 0.25) is 0 Å². The van der Waals surface area contributed by atoms with E-state index >= 15 is 0 Å². The molecule has 1 aliphatic rings. The van der Waals surface area contributed by atoms with Gasteiger partial charge >= 0.3 is 0 Å². The smallest absolute Gasteiger partial charge is 0.0554 e. The highest BCUT2D eigenvalue weighted by molar-refractivity contribution is 9.10. The zero-order chi connectivity index (χ0) is 14.3. The fourth-order valence-corrected chi connectivity index (χ4v) is 3.56. The molecule has 1 unspecified atom stereocenters. The maximum Gasteiger partial charge on any atom is 0.0554 e. The first-order chi connectivity index (χ1) is 9.56. The van der Waals surface area contributed by atoms with Crippen LogP contribution in [-0.2, 0) is 12.8 Å². The number of rotatable bonds is 2. The maximum absolute atomic E-state index is 6.51. The van der Waals surface area contributed by atoms with Gasteiger partial charge in [-0.15, -0.1) is 0 Å². The predicted molar refractivity (Wildman–Crippen MR) is 88.1 cm³/mol. The molecule has 2 aromatic carbocycles. The lowest BCUT2D eigenvalue weighted by Gasteiger charge is -2.18. The van der Waals surface area contributed by atoms with Crippen LogP contribution in [0.4, 0.5) is 0 Å². The van der Waals surface area contributed by atoms with Crippen LogP contribution in [0.3, 0.4) is 0 Å². The second kappa shape index (κ2) is 5.34. The van der Waals surface area contributed by atoms with Gasteiger partial charge in [-0.05, 0) is 72.6 Å². The van der Waals surface area contributed by atoms with Gasteiger partial charge in [-0.25, -0.2) is 0 Å². The Balaban J connectivity index is 2.00. The Morgan fingerprint density at radius 3 is 2.55 bits per heavy atom. The van der Waals surface area contributed by atoms with Crippen molar-refractivity contribution in [1.82, 2.24) is 0 Å². The number of hydrogen-bond donors (Lipinski definition) is 1. The van der Waals surface area contributed by atoms with E-state index in [9.17, 15) is 0 Å². The molecule has 0 amide bonds. The van der Waals surface area contributed by atoms with Crippen LogP contribution in [0.2, 0.25) is 0 Å². The van der Waals surface area contributed by atoms with Gasteiger partial charge in [0, 0.05) is 4.47 Å². The van der Waals surface area contributed by atoms with E-state index in [-0.39, 0.29) is 6.04 Å². The number of halogens is 1. The van der Waals surface area contributed by atoms with E-state index in [0.29, 0.717) is 0 Å². The van der Waals surface area contributed by atoms with Crippen LogP contribution >= 0.6 is 15.9 Å². The summed E-state index contributed by atoms with van der Waals surface area (Å²) in [6.45, 7) is 4.25. The number of aryl methyl sites for hydroxylation is 4. The monoisotopic (exact) mass is 329 g/mol. The first-order valence-electron chi connectivity index (χ1n) is 7.20. The topological polar surface area (TPSA) is 26.0 Å². The van der Waals surface area contributed by atoms with Crippen LogP contribution < -0.4 is 5.73 Å². The summed E-state index contributed by atoms with van der Waals surface area (Å²) in [5, 5.41) is 0. The molecular weight excluding hydrogens is 310 g/mol. The van der Waals surface area contributed by atoms with Gasteiger partial charge in [0.05, 0.1) is 6.04 Å². The first-order valence-corrected chi connectivity index (χ1v) is 7.99. The average molecular weight is 330 g/mol. The standard InChI is InChI=1S/C18H20BrN/c1-11-9-17(19)12(2)8-16(11)18(20)15-7-6-13-4-3-5-14(13)10-15/h6-10,18H,3-5,20H2,1-2H3. The molecule has 2 aromatic rings. The normalized spacial score (nSPS) is 15.2. The molecule has 1 atom stereocenters. The fraction of sp³-hybridized carbons (Fsp3) is 0.333. The van der Waals surface area contributed by atoms with E-state index in [1.165, 1.54) is 52.6 Å². The van der Waals surface area contributed by atoms with Crippen molar-refractivity contribution < 1.29 is 0 Å². The Hall–Kier alpha value is -1.12. The summed E-state index contributed by atoms with van der Waals surface area (Å²) in [4.78, 5) is 0. The molecule has 20 heavy (non-hydrogen) atoms. The van der Waals surface area contributed by atoms with E-state index in [2.05, 4.69) is 60.1 Å². The Bertz CT molecular complexity index is 661. The van der Waals surface area contributed by atoms with Gasteiger partial charge in [-0.1, -0.05) is 40.2 Å². The molecule has 1 aliphatic carbocycles. The molecule has 0 heterocycles. The fourth-order valence-electron chi connectivity index (χ4n) is 3.10. The number of hydrogen-bond acceptors (Lipinski definition) is 1. The quantitative estimate of drug-likeness (QED) is 0.855. The molecule has 1 nitrogen and oxygen atoms in total. The van der Waals surface area contributed by atoms with Gasteiger partial charge < -0.3 is 5.73 Å². The van der Waals surface area contributed by atoms with E-state index in [4.69, 9.17) is 5.73 Å². The molecule has 0 saturated carbocycles. The third kappa shape index (κ3) is 2.43. The Labute approximate surface area is 129 Å². The third-order valence-electron chi connectivity index (χ3n) is 4.36. The van der Waals surface area contributed by atoms with Gasteiger partial charge in [0.1, 0.15) is 0 Å². The van der Waals surface area contributed by atoms with Crippen molar-refractivity contribution in [3.8, 4) is 0 Å². The Morgan fingerprint density at radius 2 is 1.75 bits per heavy atom. The second-order valence-electron chi connectivity index (χ2n) is 5.82. The molecule has 0 fully saturated rings. The zero-order valence-electron chi connectivity index (χ0n) is 12.0. The summed E-state index contributed by atoms with van der Waals surface area (Å²) in [6, 6.07) is 11.1. The predicted octanol–water partition coefficient (Wildman–Crippen LogP) is 4.60. The highest BCUT2D eigenvalue weighted by Crippen LogP contribution is 2.30. The molecular formula is C18H20BrN. The van der Waals surface area contributed by atoms with Crippen molar-refractivity contribution in [3.05, 3.63) is 68.2 Å². The van der Waals surface area contributed by atoms with Crippen molar-refractivity contribution >= 4 is 15.9 Å². The van der Waals surface area contributed by atoms with Crippen molar-refractivity contribution in [2.45, 2.75) is 39.2 Å². The lowest BCUT2D eigenvalue weighted by molar-refractivity contribution is 0.855. The minimum absolute atomic E-state index is 0.0345. The van der Waals surface area contributed by atoms with Gasteiger partial charge in [0.15, 0.2) is 0 Å². The Kier molecular flexibility index (Phi) is 3.70. The van der Waals surface area contributed by atoms with Crippen LogP contribution in [-0.4, -0.2) is 0 Å². The van der Waals surface area contributed by atoms with Crippen molar-refractivity contribution in [2.24, 2.45) is 5.73 Å². The van der Waals surface area contributed by atoms with Crippen molar-refractivity contribution in [1.29, 1.82) is 0 Å². The van der Waals surface area contributed by atoms with Crippen LogP contribution in [0, 0.1) is 13.8 Å². The van der Waals surface area contributed by atoms with E-state index < -0.39 is 0 Å². The summed E-state index contributed by atoms with van der Waals surface area (Å²) in [7, 11) is 0. The number of benzene rings is 2. The maximum atomic E-state index is 6.51. The SMILES string of the molecule is Cc1cc(C(N)c2ccc3c(c2)CCC3)c(C)cc1Br. The summed E-state index contributed by atoms with van der Waals surface area (Å²) < 4.78 is 1.15. The third-order valence-corrected chi connectivity index (χ3v) is 5.22. The summed E-state index contributed by atoms with van der Waals surface area (Å²) in [5.41, 5.74) is 14.5. The highest BCUT2D eigenvalue weighted by atomic mass is 79.9. The van der Waals surface area contributed by atoms with E-state index in [1.54, 1.807) is 0 Å². The van der Waals surface area contributed by atoms with Crippen molar-refractivity contribution in [2.75, 3.05) is 0 Å². The average Bonchev–Trinajstić information content (AvgIpc) is 2.89. The number of nitrogens with two attached hydrogens (primary N) is 1. The summed E-state index contributed by atoms with van der Waals surface area (Å²) in [6.07, 6.45) is 3.71. The minimum Gasteiger partial charge on any atom is -0.320 e. The molecule has 0 spiro atoms. The summed E-state index contributed by atoms with van der Waals surface area (Å²) in [5.74, 6) is 0. The molecule has 2 heteroatoms. The molecule has 104 valence electrons. The lowest BCUT2D eigenvalue weighted by Crippen LogP contribution is -2.14. The number of fused-ring (bicyclic) bond motifs is 1. The van der Waals surface area contributed by atoms with Gasteiger partial charge in [-0.2, -0.15) is 0 Å². The molecule has 2 N–H and O–H groups in total. The van der Waals surface area contributed by atoms with Crippen LogP contribution in [0.1, 0.15) is 45.8 Å². The van der Waals surface area contributed by atoms with Crippen molar-refractivity contribution in [3.63, 3.8) is 0 Å². The second-order valence-corrected chi connectivity index (χ2v) is 6.67. The van der Waals surface area contributed by atoms with Crippen LogP contribution in [0.25, 0.3) is 0 Å². The lowest BCUT2D eigenvalue weighted by atomic mass is 9.92. The molecule has 0 bridgehead atoms. The minimum atomic E-state index is -0.0345. The first kappa shape index (κ1) is 13.8. The van der Waals surface area contributed by atoms with Crippen LogP contribution in [0.5, 0.6) is 0 Å². The Morgan fingerprint density at radius 1 is 1.00 bits per heavy atom. The highest BCUT2D eigenvalue weighted by Gasteiger charge is 2.16.